The maximum Gasteiger partial charge on any atom is 0.230 e. The van der Waals surface area contributed by atoms with Gasteiger partial charge in [0.15, 0.2) is 0 Å². The Balaban J connectivity index is 1.85. The van der Waals surface area contributed by atoms with E-state index in [0.717, 1.165) is 12.3 Å². The van der Waals surface area contributed by atoms with Crippen LogP contribution in [0.4, 0.5) is 0 Å². The van der Waals surface area contributed by atoms with E-state index in [0.29, 0.717) is 18.5 Å². The molecule has 0 aliphatic heterocycles. The van der Waals surface area contributed by atoms with E-state index in [2.05, 4.69) is 36.3 Å². The zero-order chi connectivity index (χ0) is 10.9. The minimum atomic E-state index is 0.202. The largest absolute Gasteiger partial charge is 0.424 e. The number of hydrogen-bond donors (Lipinski definition) is 1. The van der Waals surface area contributed by atoms with Gasteiger partial charge in [-0.15, -0.1) is 10.2 Å². The van der Waals surface area contributed by atoms with Crippen LogP contribution in [0.25, 0.3) is 0 Å². The van der Waals surface area contributed by atoms with Crippen molar-refractivity contribution in [1.82, 2.24) is 15.5 Å². The van der Waals surface area contributed by atoms with Crippen molar-refractivity contribution in [3.05, 3.63) is 11.8 Å². The van der Waals surface area contributed by atoms with Gasteiger partial charge in [0.05, 0.1) is 6.54 Å². The van der Waals surface area contributed by atoms with Crippen LogP contribution in [0, 0.1) is 5.41 Å². The topological polar surface area (TPSA) is 51.0 Å². The van der Waals surface area contributed by atoms with Gasteiger partial charge in [0.25, 0.3) is 0 Å². The van der Waals surface area contributed by atoms with E-state index < -0.39 is 0 Å². The molecule has 4 heteroatoms. The van der Waals surface area contributed by atoms with Gasteiger partial charge in [-0.05, 0) is 18.3 Å². The average molecular weight is 209 g/mol. The van der Waals surface area contributed by atoms with Gasteiger partial charge < -0.3 is 9.73 Å². The SMILES string of the molecule is CC(C)(C)Cc1nnc(CNC2CC2)o1. The molecule has 84 valence electrons. The van der Waals surface area contributed by atoms with Crippen molar-refractivity contribution >= 4 is 0 Å². The van der Waals surface area contributed by atoms with Gasteiger partial charge in [0.1, 0.15) is 0 Å². The van der Waals surface area contributed by atoms with Crippen LogP contribution in [-0.4, -0.2) is 16.2 Å². The highest BCUT2D eigenvalue weighted by atomic mass is 16.4. The molecule has 0 radical (unpaired) electrons. The van der Waals surface area contributed by atoms with E-state index in [1.807, 2.05) is 0 Å². The molecular formula is C11H19N3O. The van der Waals surface area contributed by atoms with E-state index >= 15 is 0 Å². The predicted octanol–water partition coefficient (Wildman–Crippen LogP) is 1.91. The van der Waals surface area contributed by atoms with Crippen molar-refractivity contribution in [1.29, 1.82) is 0 Å². The molecule has 1 saturated carbocycles. The normalized spacial score (nSPS) is 17.0. The van der Waals surface area contributed by atoms with Gasteiger partial charge in [-0.1, -0.05) is 20.8 Å². The zero-order valence-electron chi connectivity index (χ0n) is 9.71. The second-order valence-electron chi connectivity index (χ2n) is 5.48. The molecule has 1 aliphatic rings. The van der Waals surface area contributed by atoms with Crippen molar-refractivity contribution < 1.29 is 4.42 Å². The van der Waals surface area contributed by atoms with Gasteiger partial charge in [-0.25, -0.2) is 0 Å². The highest BCUT2D eigenvalue weighted by Crippen LogP contribution is 2.21. The molecule has 0 saturated heterocycles. The maximum absolute atomic E-state index is 5.55. The molecule has 0 aromatic carbocycles. The third-order valence-corrected chi connectivity index (χ3v) is 2.31. The Morgan fingerprint density at radius 2 is 1.93 bits per heavy atom. The maximum atomic E-state index is 5.55. The molecule has 1 aromatic heterocycles. The molecule has 15 heavy (non-hydrogen) atoms. The highest BCUT2D eigenvalue weighted by Gasteiger charge is 2.21. The standard InChI is InChI=1S/C11H19N3O/c1-11(2,3)6-9-13-14-10(15-9)7-12-8-4-5-8/h8,12H,4-7H2,1-3H3. The van der Waals surface area contributed by atoms with Crippen LogP contribution in [0.2, 0.25) is 0 Å². The van der Waals surface area contributed by atoms with Crippen LogP contribution in [0.3, 0.4) is 0 Å². The van der Waals surface area contributed by atoms with Crippen molar-refractivity contribution in [3.63, 3.8) is 0 Å². The molecule has 0 unspecified atom stereocenters. The van der Waals surface area contributed by atoms with Crippen LogP contribution >= 0.6 is 0 Å². The van der Waals surface area contributed by atoms with Crippen LogP contribution in [0.1, 0.15) is 45.4 Å². The molecule has 4 nitrogen and oxygen atoms in total. The van der Waals surface area contributed by atoms with Gasteiger partial charge in [-0.3, -0.25) is 0 Å². The summed E-state index contributed by atoms with van der Waals surface area (Å²) in [6, 6.07) is 0.683. The second-order valence-corrected chi connectivity index (χ2v) is 5.48. The predicted molar refractivity (Wildman–Crippen MR) is 57.3 cm³/mol. The van der Waals surface area contributed by atoms with Crippen molar-refractivity contribution in [2.24, 2.45) is 5.41 Å². The van der Waals surface area contributed by atoms with E-state index in [-0.39, 0.29) is 5.41 Å². The average Bonchev–Trinajstić information content (AvgIpc) is 2.83. The minimum absolute atomic E-state index is 0.202. The van der Waals surface area contributed by atoms with E-state index in [9.17, 15) is 0 Å². The first-order valence-electron chi connectivity index (χ1n) is 5.57. The summed E-state index contributed by atoms with van der Waals surface area (Å²) in [6.07, 6.45) is 3.40. The summed E-state index contributed by atoms with van der Waals surface area (Å²) in [4.78, 5) is 0. The summed E-state index contributed by atoms with van der Waals surface area (Å²) in [5.74, 6) is 1.45. The summed E-state index contributed by atoms with van der Waals surface area (Å²) in [5, 5.41) is 11.4. The lowest BCUT2D eigenvalue weighted by molar-refractivity contribution is 0.342. The lowest BCUT2D eigenvalue weighted by Crippen LogP contribution is -2.15. The van der Waals surface area contributed by atoms with E-state index in [1.165, 1.54) is 12.8 Å². The number of rotatable bonds is 4. The summed E-state index contributed by atoms with van der Waals surface area (Å²) >= 11 is 0. The summed E-state index contributed by atoms with van der Waals surface area (Å²) in [6.45, 7) is 7.21. The monoisotopic (exact) mass is 209 g/mol. The number of nitrogens with zero attached hydrogens (tertiary/aromatic N) is 2. The molecule has 1 N–H and O–H groups in total. The summed E-state index contributed by atoms with van der Waals surface area (Å²) in [5.41, 5.74) is 0.202. The molecule has 1 heterocycles. The fourth-order valence-electron chi connectivity index (χ4n) is 1.40. The Hall–Kier alpha value is -0.900. The third-order valence-electron chi connectivity index (χ3n) is 2.31. The van der Waals surface area contributed by atoms with Crippen LogP contribution in [-0.2, 0) is 13.0 Å². The smallest absolute Gasteiger partial charge is 0.230 e. The second kappa shape index (κ2) is 3.93. The van der Waals surface area contributed by atoms with Crippen LogP contribution in [0.15, 0.2) is 4.42 Å². The first kappa shape index (κ1) is 10.6. The minimum Gasteiger partial charge on any atom is -0.424 e. The van der Waals surface area contributed by atoms with E-state index in [4.69, 9.17) is 4.42 Å². The number of aromatic nitrogens is 2. The molecule has 1 fully saturated rings. The van der Waals surface area contributed by atoms with Crippen LogP contribution in [0.5, 0.6) is 0 Å². The summed E-state index contributed by atoms with van der Waals surface area (Å²) in [7, 11) is 0. The Morgan fingerprint density at radius 3 is 2.53 bits per heavy atom. The quantitative estimate of drug-likeness (QED) is 0.823. The molecular weight excluding hydrogens is 190 g/mol. The van der Waals surface area contributed by atoms with E-state index in [1.54, 1.807) is 0 Å². The molecule has 0 spiro atoms. The number of hydrogen-bond acceptors (Lipinski definition) is 4. The van der Waals surface area contributed by atoms with Gasteiger partial charge in [0, 0.05) is 12.5 Å². The Labute approximate surface area is 90.5 Å². The van der Waals surface area contributed by atoms with Gasteiger partial charge in [0.2, 0.25) is 11.8 Å². The zero-order valence-corrected chi connectivity index (χ0v) is 9.71. The lowest BCUT2D eigenvalue weighted by Gasteiger charge is -2.14. The molecule has 1 aliphatic carbocycles. The molecule has 2 rings (SSSR count). The molecule has 0 atom stereocenters. The Kier molecular flexibility index (Phi) is 2.78. The Morgan fingerprint density at radius 1 is 1.27 bits per heavy atom. The van der Waals surface area contributed by atoms with Crippen molar-refractivity contribution in [2.75, 3.05) is 0 Å². The van der Waals surface area contributed by atoms with Gasteiger partial charge >= 0.3 is 0 Å². The fraction of sp³-hybridized carbons (Fsp3) is 0.818. The Bertz CT molecular complexity index is 323. The van der Waals surface area contributed by atoms with Crippen molar-refractivity contribution in [2.45, 2.75) is 52.6 Å². The van der Waals surface area contributed by atoms with Crippen LogP contribution < -0.4 is 5.32 Å². The number of nitrogens with one attached hydrogen (secondary N) is 1. The van der Waals surface area contributed by atoms with Crippen molar-refractivity contribution in [3.8, 4) is 0 Å². The first-order valence-corrected chi connectivity index (χ1v) is 5.57. The molecule has 0 bridgehead atoms. The first-order chi connectivity index (χ1) is 7.03. The lowest BCUT2D eigenvalue weighted by atomic mass is 9.92. The molecule has 0 amide bonds. The summed E-state index contributed by atoms with van der Waals surface area (Å²) < 4.78 is 5.55. The fourth-order valence-corrected chi connectivity index (χ4v) is 1.40. The highest BCUT2D eigenvalue weighted by molar-refractivity contribution is 4.88. The third kappa shape index (κ3) is 3.63. The molecule has 1 aromatic rings. The van der Waals surface area contributed by atoms with Gasteiger partial charge in [-0.2, -0.15) is 0 Å².